The quantitative estimate of drug-likeness (QED) is 0.731. The minimum Gasteiger partial charge on any atom is -0.492 e. The van der Waals surface area contributed by atoms with Gasteiger partial charge in [0.25, 0.3) is 0 Å². The van der Waals surface area contributed by atoms with E-state index in [2.05, 4.69) is 5.32 Å². The van der Waals surface area contributed by atoms with Gasteiger partial charge in [0.05, 0.1) is 12.3 Å². The molecule has 0 aliphatic rings. The Bertz CT molecular complexity index is 870. The van der Waals surface area contributed by atoms with E-state index in [1.165, 1.54) is 6.07 Å². The second-order valence-corrected chi connectivity index (χ2v) is 7.15. The lowest BCUT2D eigenvalue weighted by atomic mass is 10.3. The first-order chi connectivity index (χ1) is 11.8. The number of ether oxygens (including phenoxy) is 1. The standard InChI is InChI=1S/C16H17NO7S/c1-2-23-13-6-4-3-5-12(13)17-15(18)10-25(21,22)9-11-7-8-14(24-11)16(19)20/h3-8H,2,9-10H2,1H3,(H,17,18)(H,19,20). The molecule has 1 aromatic heterocycles. The maximum atomic E-state index is 12.1. The molecule has 2 N–H and O–H groups in total. The number of amides is 1. The molecular weight excluding hydrogens is 350 g/mol. The minimum absolute atomic E-state index is 0.0417. The molecule has 9 heteroatoms. The van der Waals surface area contributed by atoms with Crippen molar-refractivity contribution in [3.63, 3.8) is 0 Å². The van der Waals surface area contributed by atoms with Crippen LogP contribution in [0.4, 0.5) is 5.69 Å². The second kappa shape index (κ2) is 7.84. The van der Waals surface area contributed by atoms with Crippen LogP contribution in [0.5, 0.6) is 5.75 Å². The first-order valence-corrected chi connectivity index (χ1v) is 9.17. The van der Waals surface area contributed by atoms with Crippen molar-refractivity contribution in [3.05, 3.63) is 47.9 Å². The highest BCUT2D eigenvalue weighted by Gasteiger charge is 2.21. The van der Waals surface area contributed by atoms with Crippen molar-refractivity contribution in [2.75, 3.05) is 17.7 Å². The number of benzene rings is 1. The van der Waals surface area contributed by atoms with E-state index in [1.54, 1.807) is 31.2 Å². The molecule has 0 aliphatic carbocycles. The third-order valence-corrected chi connectivity index (χ3v) is 4.47. The topological polar surface area (TPSA) is 123 Å². The zero-order valence-corrected chi connectivity index (χ0v) is 14.2. The molecule has 0 aliphatic heterocycles. The van der Waals surface area contributed by atoms with E-state index in [0.29, 0.717) is 18.0 Å². The van der Waals surface area contributed by atoms with Gasteiger partial charge in [0.1, 0.15) is 23.0 Å². The van der Waals surface area contributed by atoms with Crippen LogP contribution in [0.2, 0.25) is 0 Å². The van der Waals surface area contributed by atoms with Crippen molar-refractivity contribution < 1.29 is 32.3 Å². The molecule has 0 atom stereocenters. The van der Waals surface area contributed by atoms with Crippen LogP contribution < -0.4 is 10.1 Å². The van der Waals surface area contributed by atoms with Crippen molar-refractivity contribution >= 4 is 27.4 Å². The van der Waals surface area contributed by atoms with Crippen LogP contribution in [0, 0.1) is 0 Å². The van der Waals surface area contributed by atoms with Gasteiger partial charge in [-0.05, 0) is 31.2 Å². The molecule has 1 amide bonds. The Hall–Kier alpha value is -2.81. The summed E-state index contributed by atoms with van der Waals surface area (Å²) < 4.78 is 34.4. The highest BCUT2D eigenvalue weighted by molar-refractivity contribution is 7.91. The first kappa shape index (κ1) is 18.5. The maximum Gasteiger partial charge on any atom is 0.371 e. The summed E-state index contributed by atoms with van der Waals surface area (Å²) in [5.41, 5.74) is 0.371. The van der Waals surface area contributed by atoms with Gasteiger partial charge in [-0.25, -0.2) is 13.2 Å². The molecule has 0 saturated carbocycles. The normalized spacial score (nSPS) is 11.1. The van der Waals surface area contributed by atoms with Gasteiger partial charge in [-0.2, -0.15) is 0 Å². The van der Waals surface area contributed by atoms with E-state index >= 15 is 0 Å². The number of rotatable bonds is 8. The van der Waals surface area contributed by atoms with Crippen LogP contribution in [-0.4, -0.2) is 37.8 Å². The zero-order valence-electron chi connectivity index (χ0n) is 13.4. The fraction of sp³-hybridized carbons (Fsp3) is 0.250. The van der Waals surface area contributed by atoms with Gasteiger partial charge >= 0.3 is 5.97 Å². The fourth-order valence-corrected chi connectivity index (χ4v) is 3.24. The number of carboxylic acids is 1. The molecule has 0 unspecified atom stereocenters. The molecule has 0 fully saturated rings. The number of sulfone groups is 1. The number of hydrogen-bond acceptors (Lipinski definition) is 6. The summed E-state index contributed by atoms with van der Waals surface area (Å²) >= 11 is 0. The Balaban J connectivity index is 2.02. The number of carbonyl (C=O) groups is 2. The summed E-state index contributed by atoms with van der Waals surface area (Å²) in [7, 11) is -3.83. The van der Waals surface area contributed by atoms with Crippen LogP contribution >= 0.6 is 0 Å². The molecule has 0 radical (unpaired) electrons. The smallest absolute Gasteiger partial charge is 0.371 e. The lowest BCUT2D eigenvalue weighted by Gasteiger charge is -2.11. The number of furan rings is 1. The van der Waals surface area contributed by atoms with Crippen molar-refractivity contribution in [1.29, 1.82) is 0 Å². The van der Waals surface area contributed by atoms with Crippen LogP contribution in [-0.2, 0) is 20.4 Å². The highest BCUT2D eigenvalue weighted by atomic mass is 32.2. The summed E-state index contributed by atoms with van der Waals surface area (Å²) in [6, 6.07) is 9.08. The van der Waals surface area contributed by atoms with E-state index < -0.39 is 33.2 Å². The monoisotopic (exact) mass is 367 g/mol. The summed E-state index contributed by atoms with van der Waals surface area (Å²) in [5, 5.41) is 11.2. The van der Waals surface area contributed by atoms with Gasteiger partial charge in [0.2, 0.25) is 11.7 Å². The summed E-state index contributed by atoms with van der Waals surface area (Å²) in [5.74, 6) is -3.32. The third kappa shape index (κ3) is 5.35. The SMILES string of the molecule is CCOc1ccccc1NC(=O)CS(=O)(=O)Cc1ccc(C(=O)O)o1. The molecule has 1 heterocycles. The Morgan fingerprint density at radius 3 is 2.56 bits per heavy atom. The van der Waals surface area contributed by atoms with E-state index in [1.807, 2.05) is 0 Å². The molecule has 134 valence electrons. The van der Waals surface area contributed by atoms with Crippen molar-refractivity contribution in [3.8, 4) is 5.75 Å². The van der Waals surface area contributed by atoms with Crippen LogP contribution in [0.3, 0.4) is 0 Å². The van der Waals surface area contributed by atoms with Crippen LogP contribution in [0.1, 0.15) is 23.2 Å². The van der Waals surface area contributed by atoms with Gasteiger partial charge in [-0.3, -0.25) is 4.79 Å². The van der Waals surface area contributed by atoms with Gasteiger partial charge in [-0.1, -0.05) is 12.1 Å². The number of carboxylic acid groups (broad SMARTS) is 1. The van der Waals surface area contributed by atoms with E-state index in [9.17, 15) is 18.0 Å². The number of aromatic carboxylic acids is 1. The summed E-state index contributed by atoms with van der Waals surface area (Å²) in [4.78, 5) is 22.7. The molecular formula is C16H17NO7S. The minimum atomic E-state index is -3.83. The van der Waals surface area contributed by atoms with E-state index in [0.717, 1.165) is 6.07 Å². The second-order valence-electron chi connectivity index (χ2n) is 5.08. The highest BCUT2D eigenvalue weighted by Crippen LogP contribution is 2.23. The Kier molecular flexibility index (Phi) is 5.81. The summed E-state index contributed by atoms with van der Waals surface area (Å²) in [6.45, 7) is 2.19. The molecule has 0 bridgehead atoms. The van der Waals surface area contributed by atoms with Gasteiger partial charge in [0, 0.05) is 0 Å². The predicted octanol–water partition coefficient (Wildman–Crippen LogP) is 1.93. The number of hydrogen-bond donors (Lipinski definition) is 2. The number of anilines is 1. The van der Waals surface area contributed by atoms with E-state index in [-0.39, 0.29) is 11.5 Å². The van der Waals surface area contributed by atoms with Crippen molar-refractivity contribution in [2.45, 2.75) is 12.7 Å². The molecule has 25 heavy (non-hydrogen) atoms. The molecule has 8 nitrogen and oxygen atoms in total. The van der Waals surface area contributed by atoms with Crippen LogP contribution in [0.15, 0.2) is 40.8 Å². The summed E-state index contributed by atoms with van der Waals surface area (Å²) in [6.07, 6.45) is 0. The largest absolute Gasteiger partial charge is 0.492 e. The molecule has 2 rings (SSSR count). The molecule has 0 saturated heterocycles. The predicted molar refractivity (Wildman–Crippen MR) is 89.4 cm³/mol. The van der Waals surface area contributed by atoms with E-state index in [4.69, 9.17) is 14.3 Å². The van der Waals surface area contributed by atoms with Gasteiger partial charge < -0.3 is 19.6 Å². The number of para-hydroxylation sites is 2. The molecule has 1 aromatic carbocycles. The average Bonchev–Trinajstić information content (AvgIpc) is 2.96. The van der Waals surface area contributed by atoms with Crippen molar-refractivity contribution in [2.24, 2.45) is 0 Å². The third-order valence-electron chi connectivity index (χ3n) is 3.05. The lowest BCUT2D eigenvalue weighted by Crippen LogP contribution is -2.24. The average molecular weight is 367 g/mol. The number of nitrogens with one attached hydrogen (secondary N) is 1. The Morgan fingerprint density at radius 2 is 1.92 bits per heavy atom. The molecule has 0 spiro atoms. The lowest BCUT2D eigenvalue weighted by molar-refractivity contribution is -0.113. The van der Waals surface area contributed by atoms with Gasteiger partial charge in [0.15, 0.2) is 9.84 Å². The first-order valence-electron chi connectivity index (χ1n) is 7.35. The van der Waals surface area contributed by atoms with Crippen molar-refractivity contribution in [1.82, 2.24) is 0 Å². The Morgan fingerprint density at radius 1 is 1.20 bits per heavy atom. The molecule has 2 aromatic rings. The number of carbonyl (C=O) groups excluding carboxylic acids is 1. The van der Waals surface area contributed by atoms with Gasteiger partial charge in [-0.15, -0.1) is 0 Å². The van der Waals surface area contributed by atoms with Crippen LogP contribution in [0.25, 0.3) is 0 Å². The Labute approximate surface area is 144 Å². The maximum absolute atomic E-state index is 12.1. The fourth-order valence-electron chi connectivity index (χ4n) is 2.08. The zero-order chi connectivity index (χ0) is 18.4.